The molecular weight excluding hydrogens is 186 g/mol. The van der Waals surface area contributed by atoms with E-state index in [1.54, 1.807) is 0 Å². The van der Waals surface area contributed by atoms with Crippen molar-refractivity contribution in [3.05, 3.63) is 12.2 Å². The molecule has 2 nitrogen and oxygen atoms in total. The molecule has 0 heterocycles. The molecule has 0 aliphatic heterocycles. The Hall–Kier alpha value is -0.340. The summed E-state index contributed by atoms with van der Waals surface area (Å²) < 4.78 is 0. The first-order valence-corrected chi connectivity index (χ1v) is 6.34. The zero-order valence-electron chi connectivity index (χ0n) is 9.86. The lowest BCUT2D eigenvalue weighted by Gasteiger charge is -2.26. The van der Waals surface area contributed by atoms with Crippen LogP contribution in [0.2, 0.25) is 0 Å². The van der Waals surface area contributed by atoms with Gasteiger partial charge in [-0.25, -0.2) is 0 Å². The van der Waals surface area contributed by atoms with Crippen LogP contribution in [0.1, 0.15) is 51.9 Å². The second kappa shape index (κ2) is 7.02. The molecule has 0 amide bonds. The first kappa shape index (κ1) is 12.7. The van der Waals surface area contributed by atoms with Crippen molar-refractivity contribution in [3.8, 4) is 0 Å². The van der Waals surface area contributed by atoms with Gasteiger partial charge in [0.15, 0.2) is 0 Å². The van der Waals surface area contributed by atoms with Crippen LogP contribution in [0, 0.1) is 5.92 Å². The van der Waals surface area contributed by atoms with E-state index in [0.29, 0.717) is 0 Å². The van der Waals surface area contributed by atoms with E-state index >= 15 is 0 Å². The minimum atomic E-state index is -0.452. The molecular formula is C13H25NO. The summed E-state index contributed by atoms with van der Waals surface area (Å²) in [5, 5.41) is 9.77. The molecule has 3 N–H and O–H groups in total. The number of allylic oxidation sites excluding steroid dienone is 1. The Kier molecular flexibility index (Phi) is 5.96. The van der Waals surface area contributed by atoms with Crippen LogP contribution in [0.3, 0.4) is 0 Å². The van der Waals surface area contributed by atoms with Crippen molar-refractivity contribution < 1.29 is 5.11 Å². The van der Waals surface area contributed by atoms with Gasteiger partial charge in [0.05, 0.1) is 6.10 Å². The molecule has 0 radical (unpaired) electrons. The van der Waals surface area contributed by atoms with Crippen molar-refractivity contribution in [2.45, 2.75) is 64.0 Å². The molecule has 0 unspecified atom stereocenters. The third kappa shape index (κ3) is 4.80. The van der Waals surface area contributed by atoms with Crippen molar-refractivity contribution in [3.63, 3.8) is 0 Å². The molecule has 0 aromatic rings. The van der Waals surface area contributed by atoms with Crippen molar-refractivity contribution in [2.24, 2.45) is 11.7 Å². The van der Waals surface area contributed by atoms with Gasteiger partial charge in [0.1, 0.15) is 0 Å². The molecule has 0 spiro atoms. The molecule has 0 aromatic heterocycles. The van der Waals surface area contributed by atoms with E-state index in [1.165, 1.54) is 32.1 Å². The highest BCUT2D eigenvalue weighted by atomic mass is 16.3. The minimum absolute atomic E-state index is 0.0732. The number of aliphatic hydroxyl groups excluding tert-OH is 1. The fourth-order valence-electron chi connectivity index (χ4n) is 2.37. The standard InChI is InChI=1S/C13H25NO/c1-2-3-9-13(15)12(14)10-11-7-5-4-6-8-11/h3,9,11-13,15H,2,4-8,10,14H2,1H3/b9-3+/t12-,13-/m0/s1. The maximum absolute atomic E-state index is 9.77. The molecule has 2 heteroatoms. The average molecular weight is 211 g/mol. The molecule has 0 saturated heterocycles. The molecule has 88 valence electrons. The van der Waals surface area contributed by atoms with E-state index in [2.05, 4.69) is 6.92 Å². The van der Waals surface area contributed by atoms with Crippen LogP contribution in [-0.2, 0) is 0 Å². The number of hydrogen-bond donors (Lipinski definition) is 2. The van der Waals surface area contributed by atoms with Gasteiger partial charge in [-0.05, 0) is 18.8 Å². The first-order chi connectivity index (χ1) is 7.24. The Morgan fingerprint density at radius 3 is 2.60 bits per heavy atom. The molecule has 1 aliphatic carbocycles. The number of nitrogens with two attached hydrogens (primary N) is 1. The minimum Gasteiger partial charge on any atom is -0.387 e. The fraction of sp³-hybridized carbons (Fsp3) is 0.846. The van der Waals surface area contributed by atoms with Crippen molar-refractivity contribution in [2.75, 3.05) is 0 Å². The van der Waals surface area contributed by atoms with E-state index in [-0.39, 0.29) is 6.04 Å². The van der Waals surface area contributed by atoms with Crippen molar-refractivity contribution in [1.82, 2.24) is 0 Å². The maximum atomic E-state index is 9.77. The van der Waals surface area contributed by atoms with Crippen molar-refractivity contribution in [1.29, 1.82) is 0 Å². The molecule has 1 fully saturated rings. The molecule has 15 heavy (non-hydrogen) atoms. The number of aliphatic hydroxyl groups is 1. The van der Waals surface area contributed by atoms with Crippen molar-refractivity contribution >= 4 is 0 Å². The Labute approximate surface area is 93.6 Å². The van der Waals surface area contributed by atoms with Gasteiger partial charge in [0.25, 0.3) is 0 Å². The highest BCUT2D eigenvalue weighted by Crippen LogP contribution is 2.27. The van der Waals surface area contributed by atoms with E-state index in [4.69, 9.17) is 5.73 Å². The van der Waals surface area contributed by atoms with Gasteiger partial charge in [-0.1, -0.05) is 51.2 Å². The molecule has 0 bridgehead atoms. The van der Waals surface area contributed by atoms with E-state index in [0.717, 1.165) is 18.8 Å². The fourth-order valence-corrected chi connectivity index (χ4v) is 2.37. The summed E-state index contributed by atoms with van der Waals surface area (Å²) in [6.45, 7) is 2.07. The van der Waals surface area contributed by atoms with Crippen LogP contribution in [-0.4, -0.2) is 17.3 Å². The van der Waals surface area contributed by atoms with Crippen LogP contribution in [0.5, 0.6) is 0 Å². The van der Waals surface area contributed by atoms with Gasteiger partial charge in [-0.3, -0.25) is 0 Å². The second-order valence-electron chi connectivity index (χ2n) is 4.73. The third-order valence-electron chi connectivity index (χ3n) is 3.34. The van der Waals surface area contributed by atoms with Crippen LogP contribution in [0.25, 0.3) is 0 Å². The highest BCUT2D eigenvalue weighted by Gasteiger charge is 2.19. The Morgan fingerprint density at radius 2 is 2.00 bits per heavy atom. The third-order valence-corrected chi connectivity index (χ3v) is 3.34. The first-order valence-electron chi connectivity index (χ1n) is 6.34. The normalized spacial score (nSPS) is 23.1. The summed E-state index contributed by atoms with van der Waals surface area (Å²) in [6, 6.07) is -0.0732. The molecule has 1 aliphatic rings. The lowest BCUT2D eigenvalue weighted by molar-refractivity contribution is 0.167. The monoisotopic (exact) mass is 211 g/mol. The van der Waals surface area contributed by atoms with E-state index in [1.807, 2.05) is 12.2 Å². The van der Waals surface area contributed by atoms with Gasteiger partial charge in [-0.15, -0.1) is 0 Å². The smallest absolute Gasteiger partial charge is 0.0871 e. The largest absolute Gasteiger partial charge is 0.387 e. The maximum Gasteiger partial charge on any atom is 0.0871 e. The number of hydrogen-bond acceptors (Lipinski definition) is 2. The van der Waals surface area contributed by atoms with Gasteiger partial charge < -0.3 is 10.8 Å². The lowest BCUT2D eigenvalue weighted by atomic mass is 9.84. The average Bonchev–Trinajstić information content (AvgIpc) is 2.27. The van der Waals surface area contributed by atoms with Crippen LogP contribution in [0.4, 0.5) is 0 Å². The van der Waals surface area contributed by atoms with Crippen LogP contribution >= 0.6 is 0 Å². The Bertz CT molecular complexity index is 185. The van der Waals surface area contributed by atoms with E-state index < -0.39 is 6.10 Å². The molecule has 1 rings (SSSR count). The predicted molar refractivity (Wildman–Crippen MR) is 64.6 cm³/mol. The number of rotatable bonds is 5. The summed E-state index contributed by atoms with van der Waals surface area (Å²) in [5.74, 6) is 0.749. The zero-order chi connectivity index (χ0) is 11.1. The zero-order valence-corrected chi connectivity index (χ0v) is 9.86. The lowest BCUT2D eigenvalue weighted by Crippen LogP contribution is -2.35. The topological polar surface area (TPSA) is 46.2 Å². The van der Waals surface area contributed by atoms with Gasteiger partial charge >= 0.3 is 0 Å². The SMILES string of the molecule is CC/C=C/[C@H](O)[C@@H](N)CC1CCCCC1. The van der Waals surface area contributed by atoms with Gasteiger partial charge in [0, 0.05) is 6.04 Å². The Morgan fingerprint density at radius 1 is 1.33 bits per heavy atom. The summed E-state index contributed by atoms with van der Waals surface area (Å²) in [7, 11) is 0. The quantitative estimate of drug-likeness (QED) is 0.687. The molecule has 2 atom stereocenters. The summed E-state index contributed by atoms with van der Waals surface area (Å²) in [5.41, 5.74) is 5.99. The molecule has 0 aromatic carbocycles. The summed E-state index contributed by atoms with van der Waals surface area (Å²) in [6.07, 6.45) is 12.0. The summed E-state index contributed by atoms with van der Waals surface area (Å²) in [4.78, 5) is 0. The van der Waals surface area contributed by atoms with Crippen LogP contribution in [0.15, 0.2) is 12.2 Å². The van der Waals surface area contributed by atoms with E-state index in [9.17, 15) is 5.11 Å². The van der Waals surface area contributed by atoms with Gasteiger partial charge in [-0.2, -0.15) is 0 Å². The predicted octanol–water partition coefficient (Wildman–Crippen LogP) is 2.61. The van der Waals surface area contributed by atoms with Gasteiger partial charge in [0.2, 0.25) is 0 Å². The second-order valence-corrected chi connectivity index (χ2v) is 4.73. The highest BCUT2D eigenvalue weighted by molar-refractivity contribution is 4.94. The Balaban J connectivity index is 2.26. The van der Waals surface area contributed by atoms with Crippen LogP contribution < -0.4 is 5.73 Å². The molecule has 1 saturated carbocycles. The summed E-state index contributed by atoms with van der Waals surface area (Å²) >= 11 is 0.